The van der Waals surface area contributed by atoms with E-state index in [9.17, 15) is 0 Å². The highest BCUT2D eigenvalue weighted by Gasteiger charge is 2.06. The Bertz CT molecular complexity index is 787. The maximum absolute atomic E-state index is 5.65. The second-order valence-corrected chi connectivity index (χ2v) is 6.32. The molecule has 0 spiro atoms. The van der Waals surface area contributed by atoms with Gasteiger partial charge in [0, 0.05) is 19.2 Å². The molecule has 0 radical (unpaired) electrons. The first-order chi connectivity index (χ1) is 14.2. The summed E-state index contributed by atoms with van der Waals surface area (Å²) in [6.07, 6.45) is 1.91. The van der Waals surface area contributed by atoms with Crippen LogP contribution in [0.2, 0.25) is 0 Å². The average molecular weight is 528 g/mol. The molecule has 166 valence electrons. The SMILES string of the molecule is CCNC(=NCc1cccc(OC)n1)NCCCc1ccc(OC)c(OCC)c1.I. The van der Waals surface area contributed by atoms with Crippen LogP contribution in [0.25, 0.3) is 0 Å². The van der Waals surface area contributed by atoms with Crippen molar-refractivity contribution in [1.82, 2.24) is 15.6 Å². The minimum Gasteiger partial charge on any atom is -0.493 e. The zero-order valence-corrected chi connectivity index (χ0v) is 20.6. The number of pyridine rings is 1. The molecule has 8 heteroatoms. The summed E-state index contributed by atoms with van der Waals surface area (Å²) in [5.41, 5.74) is 2.09. The first kappa shape index (κ1) is 25.8. The number of methoxy groups -OCH3 is 2. The number of halogens is 1. The van der Waals surface area contributed by atoms with Gasteiger partial charge in [-0.3, -0.25) is 0 Å². The van der Waals surface area contributed by atoms with E-state index < -0.39 is 0 Å². The lowest BCUT2D eigenvalue weighted by molar-refractivity contribution is 0.310. The molecule has 0 unspecified atom stereocenters. The van der Waals surface area contributed by atoms with Crippen LogP contribution in [-0.2, 0) is 13.0 Å². The van der Waals surface area contributed by atoms with Crippen molar-refractivity contribution in [1.29, 1.82) is 0 Å². The summed E-state index contributed by atoms with van der Waals surface area (Å²) in [7, 11) is 3.27. The van der Waals surface area contributed by atoms with Crippen LogP contribution in [-0.4, -0.2) is 44.9 Å². The molecule has 1 heterocycles. The molecular formula is C22H33IN4O3. The van der Waals surface area contributed by atoms with Crippen LogP contribution in [0.5, 0.6) is 17.4 Å². The molecule has 0 aliphatic heterocycles. The number of hydrogen-bond acceptors (Lipinski definition) is 5. The Morgan fingerprint density at radius 2 is 1.87 bits per heavy atom. The first-order valence-electron chi connectivity index (χ1n) is 10.0. The van der Waals surface area contributed by atoms with Crippen molar-refractivity contribution in [2.75, 3.05) is 33.9 Å². The summed E-state index contributed by atoms with van der Waals surface area (Å²) < 4.78 is 16.2. The smallest absolute Gasteiger partial charge is 0.213 e. The van der Waals surface area contributed by atoms with Crippen LogP contribution in [0.3, 0.4) is 0 Å². The van der Waals surface area contributed by atoms with Gasteiger partial charge in [-0.15, -0.1) is 24.0 Å². The Hall–Kier alpha value is -2.23. The second-order valence-electron chi connectivity index (χ2n) is 6.32. The summed E-state index contributed by atoms with van der Waals surface area (Å²) in [6, 6.07) is 11.8. The zero-order valence-electron chi connectivity index (χ0n) is 18.2. The van der Waals surface area contributed by atoms with E-state index in [0.29, 0.717) is 19.0 Å². The lowest BCUT2D eigenvalue weighted by atomic mass is 10.1. The van der Waals surface area contributed by atoms with Crippen LogP contribution >= 0.6 is 24.0 Å². The number of aromatic nitrogens is 1. The number of ether oxygens (including phenoxy) is 3. The van der Waals surface area contributed by atoms with Crippen molar-refractivity contribution < 1.29 is 14.2 Å². The molecule has 7 nitrogen and oxygen atoms in total. The summed E-state index contributed by atoms with van der Waals surface area (Å²) in [4.78, 5) is 8.99. The number of aryl methyl sites for hydroxylation is 1. The Morgan fingerprint density at radius 3 is 2.57 bits per heavy atom. The maximum atomic E-state index is 5.65. The summed E-state index contributed by atoms with van der Waals surface area (Å²) in [5.74, 6) is 2.94. The highest BCUT2D eigenvalue weighted by Crippen LogP contribution is 2.28. The molecule has 2 aromatic rings. The van der Waals surface area contributed by atoms with Crippen LogP contribution in [0, 0.1) is 0 Å². The number of aliphatic imine (C=N–C) groups is 1. The largest absolute Gasteiger partial charge is 0.493 e. The minimum absolute atomic E-state index is 0. The molecule has 0 aliphatic rings. The average Bonchev–Trinajstić information content (AvgIpc) is 2.75. The van der Waals surface area contributed by atoms with Gasteiger partial charge in [-0.25, -0.2) is 9.98 Å². The summed E-state index contributed by atoms with van der Waals surface area (Å²) in [5, 5.41) is 6.64. The molecule has 30 heavy (non-hydrogen) atoms. The lowest BCUT2D eigenvalue weighted by Crippen LogP contribution is -2.37. The van der Waals surface area contributed by atoms with Crippen molar-refractivity contribution in [3.8, 4) is 17.4 Å². The van der Waals surface area contributed by atoms with Gasteiger partial charge in [0.05, 0.1) is 33.1 Å². The van der Waals surface area contributed by atoms with Gasteiger partial charge >= 0.3 is 0 Å². The van der Waals surface area contributed by atoms with Gasteiger partial charge in [-0.05, 0) is 50.5 Å². The summed E-state index contributed by atoms with van der Waals surface area (Å²) in [6.45, 7) is 6.74. The molecule has 0 aliphatic carbocycles. The first-order valence-corrected chi connectivity index (χ1v) is 10.0. The van der Waals surface area contributed by atoms with Crippen molar-refractivity contribution in [2.45, 2.75) is 33.2 Å². The molecule has 0 atom stereocenters. The van der Waals surface area contributed by atoms with E-state index in [4.69, 9.17) is 14.2 Å². The number of guanidine groups is 1. The van der Waals surface area contributed by atoms with Gasteiger partial charge in [-0.2, -0.15) is 0 Å². The number of nitrogens with zero attached hydrogens (tertiary/aromatic N) is 2. The third-order valence-corrected chi connectivity index (χ3v) is 4.20. The molecule has 0 saturated carbocycles. The van der Waals surface area contributed by atoms with Crippen molar-refractivity contribution >= 4 is 29.9 Å². The van der Waals surface area contributed by atoms with Crippen molar-refractivity contribution in [3.05, 3.63) is 47.7 Å². The third kappa shape index (κ3) is 8.64. The molecule has 1 aromatic carbocycles. The van der Waals surface area contributed by atoms with Gasteiger partial charge < -0.3 is 24.8 Å². The third-order valence-electron chi connectivity index (χ3n) is 4.20. The summed E-state index contributed by atoms with van der Waals surface area (Å²) >= 11 is 0. The van der Waals surface area contributed by atoms with Crippen LogP contribution in [0.15, 0.2) is 41.4 Å². The Kier molecular flexibility index (Phi) is 12.6. The zero-order chi connectivity index (χ0) is 20.9. The molecule has 0 saturated heterocycles. The topological polar surface area (TPSA) is 77.0 Å². The molecule has 0 amide bonds. The highest BCUT2D eigenvalue weighted by molar-refractivity contribution is 14.0. The quantitative estimate of drug-likeness (QED) is 0.200. The minimum atomic E-state index is 0. The van der Waals surface area contributed by atoms with E-state index in [2.05, 4.69) is 32.7 Å². The van der Waals surface area contributed by atoms with Crippen LogP contribution < -0.4 is 24.8 Å². The number of rotatable bonds is 11. The number of nitrogens with one attached hydrogen (secondary N) is 2. The fourth-order valence-electron chi connectivity index (χ4n) is 2.81. The molecule has 0 bridgehead atoms. The molecule has 0 fully saturated rings. The molecular weight excluding hydrogens is 495 g/mol. The standard InChI is InChI=1S/C22H32N4O3.HI/c1-5-23-22(25-16-18-10-7-11-21(26-18)28-4)24-14-8-9-17-12-13-19(27-3)20(15-17)29-6-2;/h7,10-13,15H,5-6,8-9,14,16H2,1-4H3,(H2,23,24,25);1H. The van der Waals surface area contributed by atoms with Gasteiger partial charge in [0.25, 0.3) is 0 Å². The van der Waals surface area contributed by atoms with Crippen molar-refractivity contribution in [2.24, 2.45) is 4.99 Å². The van der Waals surface area contributed by atoms with E-state index in [1.165, 1.54) is 5.56 Å². The van der Waals surface area contributed by atoms with Crippen molar-refractivity contribution in [3.63, 3.8) is 0 Å². The Morgan fingerprint density at radius 1 is 1.03 bits per heavy atom. The monoisotopic (exact) mass is 528 g/mol. The predicted octanol–water partition coefficient (Wildman–Crippen LogP) is 3.80. The second kappa shape index (κ2) is 14.7. The van der Waals surface area contributed by atoms with E-state index in [1.54, 1.807) is 14.2 Å². The predicted molar refractivity (Wildman–Crippen MR) is 132 cm³/mol. The lowest BCUT2D eigenvalue weighted by Gasteiger charge is -2.13. The van der Waals surface area contributed by atoms with Crippen LogP contribution in [0.1, 0.15) is 31.5 Å². The van der Waals surface area contributed by atoms with Gasteiger partial charge in [0.15, 0.2) is 17.5 Å². The van der Waals surface area contributed by atoms with E-state index in [-0.39, 0.29) is 24.0 Å². The van der Waals surface area contributed by atoms with Gasteiger partial charge in [-0.1, -0.05) is 12.1 Å². The van der Waals surface area contributed by atoms with E-state index >= 15 is 0 Å². The molecule has 1 aromatic heterocycles. The maximum Gasteiger partial charge on any atom is 0.213 e. The number of benzene rings is 1. The fraction of sp³-hybridized carbons (Fsp3) is 0.455. The number of hydrogen-bond donors (Lipinski definition) is 2. The Balaban J connectivity index is 0.00000450. The van der Waals surface area contributed by atoms with Gasteiger partial charge in [0.1, 0.15) is 0 Å². The fourth-order valence-corrected chi connectivity index (χ4v) is 2.81. The molecule has 2 rings (SSSR count). The normalized spacial score (nSPS) is 10.7. The van der Waals surface area contributed by atoms with E-state index in [1.807, 2.05) is 38.1 Å². The van der Waals surface area contributed by atoms with E-state index in [0.717, 1.165) is 49.1 Å². The highest BCUT2D eigenvalue weighted by atomic mass is 127. The molecule has 2 N–H and O–H groups in total. The Labute approximate surface area is 196 Å². The van der Waals surface area contributed by atoms with Gasteiger partial charge in [0.2, 0.25) is 5.88 Å². The van der Waals surface area contributed by atoms with Crippen LogP contribution in [0.4, 0.5) is 0 Å².